The van der Waals surface area contributed by atoms with Crippen molar-refractivity contribution in [3.05, 3.63) is 35.4 Å². The molecule has 0 aromatic heterocycles. The van der Waals surface area contributed by atoms with Crippen molar-refractivity contribution in [1.29, 1.82) is 0 Å². The minimum absolute atomic E-state index is 0.00660. The first-order valence-electron chi connectivity index (χ1n) is 5.00. The van der Waals surface area contributed by atoms with Gasteiger partial charge in [-0.1, -0.05) is 18.2 Å². The van der Waals surface area contributed by atoms with Crippen LogP contribution >= 0.6 is 11.6 Å². The zero-order valence-corrected chi connectivity index (χ0v) is 9.91. The van der Waals surface area contributed by atoms with Crippen LogP contribution in [0.3, 0.4) is 0 Å². The summed E-state index contributed by atoms with van der Waals surface area (Å²) in [5.41, 5.74) is 1.39. The first-order chi connectivity index (χ1) is 7.50. The molecule has 3 nitrogen and oxygen atoms in total. The molecule has 0 spiro atoms. The van der Waals surface area contributed by atoms with E-state index in [2.05, 4.69) is 6.58 Å². The van der Waals surface area contributed by atoms with Gasteiger partial charge >= 0.3 is 6.09 Å². The Morgan fingerprint density at radius 2 is 2.12 bits per heavy atom. The minimum atomic E-state index is -0.394. The highest BCUT2D eigenvalue weighted by molar-refractivity contribution is 6.30. The van der Waals surface area contributed by atoms with Crippen molar-refractivity contribution >= 4 is 23.4 Å². The Labute approximate surface area is 99.3 Å². The van der Waals surface area contributed by atoms with Gasteiger partial charge in [-0.2, -0.15) is 0 Å². The van der Waals surface area contributed by atoms with E-state index in [0.29, 0.717) is 16.5 Å². The summed E-state index contributed by atoms with van der Waals surface area (Å²) in [6.07, 6.45) is -0.394. The maximum Gasteiger partial charge on any atom is 0.420 e. The summed E-state index contributed by atoms with van der Waals surface area (Å²) in [6.45, 7) is 7.73. The number of benzene rings is 1. The molecule has 1 aromatic rings. The lowest BCUT2D eigenvalue weighted by Crippen LogP contribution is -2.40. The quantitative estimate of drug-likeness (QED) is 0.748. The molecule has 0 radical (unpaired) electrons. The summed E-state index contributed by atoms with van der Waals surface area (Å²) in [4.78, 5) is 13.2. The molecule has 0 saturated carbocycles. The SMILES string of the molecule is C=C1c2cc(Cl)ccc2OC(=O)N1C(C)C. The second kappa shape index (κ2) is 3.83. The molecule has 0 N–H and O–H groups in total. The molecule has 1 amide bonds. The first kappa shape index (κ1) is 11.0. The molecule has 84 valence electrons. The van der Waals surface area contributed by atoms with E-state index in [0.717, 1.165) is 5.56 Å². The van der Waals surface area contributed by atoms with E-state index in [1.165, 1.54) is 4.90 Å². The van der Waals surface area contributed by atoms with Gasteiger partial charge < -0.3 is 4.74 Å². The Bertz CT molecular complexity index is 468. The lowest BCUT2D eigenvalue weighted by molar-refractivity contribution is 0.159. The molecule has 0 unspecified atom stereocenters. The number of carbonyl (C=O) groups is 1. The summed E-state index contributed by atoms with van der Waals surface area (Å²) in [7, 11) is 0. The van der Waals surface area contributed by atoms with Gasteiger partial charge in [0.05, 0.1) is 5.70 Å². The van der Waals surface area contributed by atoms with Crippen molar-refractivity contribution in [3.8, 4) is 5.75 Å². The molecule has 0 saturated heterocycles. The van der Waals surface area contributed by atoms with E-state index in [4.69, 9.17) is 16.3 Å². The normalized spacial score (nSPS) is 15.1. The molecule has 0 aliphatic carbocycles. The Morgan fingerprint density at radius 1 is 1.44 bits per heavy atom. The van der Waals surface area contributed by atoms with Gasteiger partial charge in [-0.25, -0.2) is 4.79 Å². The number of rotatable bonds is 1. The molecule has 1 aliphatic heterocycles. The fourth-order valence-corrected chi connectivity index (χ4v) is 1.89. The number of hydrogen-bond donors (Lipinski definition) is 0. The lowest BCUT2D eigenvalue weighted by atomic mass is 10.1. The second-order valence-electron chi connectivity index (χ2n) is 3.92. The number of hydrogen-bond acceptors (Lipinski definition) is 2. The van der Waals surface area contributed by atoms with Crippen LogP contribution in [0.1, 0.15) is 19.4 Å². The number of nitrogens with zero attached hydrogens (tertiary/aromatic N) is 1. The molecule has 1 aromatic carbocycles. The van der Waals surface area contributed by atoms with Crippen molar-refractivity contribution in [2.24, 2.45) is 0 Å². The maximum atomic E-state index is 11.7. The van der Waals surface area contributed by atoms with Crippen molar-refractivity contribution < 1.29 is 9.53 Å². The van der Waals surface area contributed by atoms with Crippen molar-refractivity contribution in [2.45, 2.75) is 19.9 Å². The van der Waals surface area contributed by atoms with E-state index in [-0.39, 0.29) is 6.04 Å². The maximum absolute atomic E-state index is 11.7. The molecule has 16 heavy (non-hydrogen) atoms. The largest absolute Gasteiger partial charge is 0.420 e. The number of carbonyl (C=O) groups excluding carboxylic acids is 1. The standard InChI is InChI=1S/C12H12ClNO2/c1-7(2)14-8(3)10-6-9(13)4-5-11(10)16-12(14)15/h4-7H,3H2,1-2H3. The van der Waals surface area contributed by atoms with Crippen LogP contribution < -0.4 is 4.74 Å². The molecule has 0 atom stereocenters. The van der Waals surface area contributed by atoms with Gasteiger partial charge in [-0.15, -0.1) is 0 Å². The van der Waals surface area contributed by atoms with Gasteiger partial charge in [0.15, 0.2) is 0 Å². The average Bonchev–Trinajstić information content (AvgIpc) is 2.19. The number of halogens is 1. The van der Waals surface area contributed by atoms with Crippen molar-refractivity contribution in [3.63, 3.8) is 0 Å². The van der Waals surface area contributed by atoms with Crippen LogP contribution in [-0.2, 0) is 0 Å². The predicted octanol–water partition coefficient (Wildman–Crippen LogP) is 3.53. The number of fused-ring (bicyclic) bond motifs is 1. The predicted molar refractivity (Wildman–Crippen MR) is 63.5 cm³/mol. The van der Waals surface area contributed by atoms with E-state index in [1.54, 1.807) is 18.2 Å². The van der Waals surface area contributed by atoms with E-state index in [9.17, 15) is 4.79 Å². The van der Waals surface area contributed by atoms with Gasteiger partial charge in [-0.3, -0.25) is 4.90 Å². The topological polar surface area (TPSA) is 29.5 Å². The summed E-state index contributed by atoms with van der Waals surface area (Å²) in [5, 5.41) is 0.599. The molecular formula is C12H12ClNO2. The molecule has 1 aliphatic rings. The van der Waals surface area contributed by atoms with Crippen molar-refractivity contribution in [1.82, 2.24) is 4.90 Å². The van der Waals surface area contributed by atoms with E-state index < -0.39 is 6.09 Å². The first-order valence-corrected chi connectivity index (χ1v) is 5.38. The van der Waals surface area contributed by atoms with Gasteiger partial charge in [0.1, 0.15) is 5.75 Å². The van der Waals surface area contributed by atoms with Crippen LogP contribution in [-0.4, -0.2) is 17.0 Å². The molecular weight excluding hydrogens is 226 g/mol. The van der Waals surface area contributed by atoms with Crippen LogP contribution in [0.25, 0.3) is 5.70 Å². The third-order valence-corrected chi connectivity index (χ3v) is 2.69. The molecule has 2 rings (SSSR count). The van der Waals surface area contributed by atoms with Crippen LogP contribution in [0.2, 0.25) is 5.02 Å². The molecule has 4 heteroatoms. The molecule has 1 heterocycles. The minimum Gasteiger partial charge on any atom is -0.409 e. The Morgan fingerprint density at radius 3 is 2.75 bits per heavy atom. The van der Waals surface area contributed by atoms with Crippen LogP contribution in [0, 0.1) is 0 Å². The van der Waals surface area contributed by atoms with Gasteiger partial charge in [0.25, 0.3) is 0 Å². The monoisotopic (exact) mass is 237 g/mol. The molecule has 0 bridgehead atoms. The third-order valence-electron chi connectivity index (χ3n) is 2.45. The zero-order valence-electron chi connectivity index (χ0n) is 9.16. The summed E-state index contributed by atoms with van der Waals surface area (Å²) < 4.78 is 5.20. The molecule has 0 fully saturated rings. The van der Waals surface area contributed by atoms with Gasteiger partial charge in [0.2, 0.25) is 0 Å². The second-order valence-corrected chi connectivity index (χ2v) is 4.36. The van der Waals surface area contributed by atoms with Crippen LogP contribution in [0.15, 0.2) is 24.8 Å². The summed E-state index contributed by atoms with van der Waals surface area (Å²) in [6, 6.07) is 5.12. The average molecular weight is 238 g/mol. The van der Waals surface area contributed by atoms with Crippen LogP contribution in [0.5, 0.6) is 5.75 Å². The Balaban J connectivity index is 2.50. The highest BCUT2D eigenvalue weighted by atomic mass is 35.5. The van der Waals surface area contributed by atoms with Gasteiger partial charge in [0, 0.05) is 16.6 Å². The highest BCUT2D eigenvalue weighted by Gasteiger charge is 2.30. The highest BCUT2D eigenvalue weighted by Crippen LogP contribution is 2.35. The van der Waals surface area contributed by atoms with Crippen molar-refractivity contribution in [2.75, 3.05) is 0 Å². The summed E-state index contributed by atoms with van der Waals surface area (Å²) >= 11 is 5.91. The Kier molecular flexibility index (Phi) is 2.64. The summed E-state index contributed by atoms with van der Waals surface area (Å²) in [5.74, 6) is 0.510. The Hall–Kier alpha value is -1.48. The van der Waals surface area contributed by atoms with Gasteiger partial charge in [-0.05, 0) is 32.0 Å². The fourth-order valence-electron chi connectivity index (χ4n) is 1.72. The lowest BCUT2D eigenvalue weighted by Gasteiger charge is -2.32. The van der Waals surface area contributed by atoms with Crippen LogP contribution in [0.4, 0.5) is 4.79 Å². The zero-order chi connectivity index (χ0) is 11.9. The number of amides is 1. The third kappa shape index (κ3) is 1.67. The van der Waals surface area contributed by atoms with E-state index in [1.807, 2.05) is 13.8 Å². The van der Waals surface area contributed by atoms with E-state index >= 15 is 0 Å². The number of ether oxygens (including phenoxy) is 1. The smallest absolute Gasteiger partial charge is 0.409 e. The fraction of sp³-hybridized carbons (Fsp3) is 0.250.